The van der Waals surface area contributed by atoms with Crippen molar-refractivity contribution < 1.29 is 4.74 Å². The molecule has 0 saturated heterocycles. The van der Waals surface area contributed by atoms with Gasteiger partial charge in [0.15, 0.2) is 0 Å². The van der Waals surface area contributed by atoms with E-state index in [-0.39, 0.29) is 12.2 Å². The normalized spacial score (nSPS) is 10.5. The van der Waals surface area contributed by atoms with Crippen LogP contribution in [-0.2, 0) is 13.2 Å². The van der Waals surface area contributed by atoms with Gasteiger partial charge in [0.2, 0.25) is 5.88 Å². The van der Waals surface area contributed by atoms with Crippen molar-refractivity contribution in [2.75, 3.05) is 0 Å². The van der Waals surface area contributed by atoms with Gasteiger partial charge in [-0.1, -0.05) is 60.1 Å². The van der Waals surface area contributed by atoms with E-state index in [0.717, 1.165) is 11.1 Å². The van der Waals surface area contributed by atoms with Crippen LogP contribution in [0.5, 0.6) is 5.88 Å². The van der Waals surface area contributed by atoms with Crippen LogP contribution in [0.1, 0.15) is 11.1 Å². The van der Waals surface area contributed by atoms with Crippen molar-refractivity contribution in [1.82, 2.24) is 9.55 Å². The van der Waals surface area contributed by atoms with Crippen LogP contribution in [0.4, 0.5) is 0 Å². The molecule has 1 heterocycles. The summed E-state index contributed by atoms with van der Waals surface area (Å²) in [6.07, 6.45) is 1.50. The molecule has 0 atom stereocenters. The number of halogens is 1. The Morgan fingerprint density at radius 3 is 2.52 bits per heavy atom. The van der Waals surface area contributed by atoms with Gasteiger partial charge < -0.3 is 4.74 Å². The van der Waals surface area contributed by atoms with E-state index in [1.54, 1.807) is 6.07 Å². The third kappa shape index (κ3) is 3.99. The summed E-state index contributed by atoms with van der Waals surface area (Å²) in [6, 6.07) is 18.6. The molecule has 0 aliphatic carbocycles. The summed E-state index contributed by atoms with van der Waals surface area (Å²) in [5.41, 5.74) is 1.74. The molecule has 5 heteroatoms. The Morgan fingerprint density at radius 1 is 1.04 bits per heavy atom. The van der Waals surface area contributed by atoms with Gasteiger partial charge in [0.1, 0.15) is 12.9 Å². The minimum Gasteiger partial charge on any atom is -0.473 e. The number of nitrogens with zero attached hydrogens (tertiary/aromatic N) is 2. The molecule has 4 nitrogen and oxygen atoms in total. The number of aromatic nitrogens is 2. The molecule has 0 bridgehead atoms. The SMILES string of the molecule is O=c1cc(OCc2ccccc2Cl)ncn1Cc1ccccc1. The maximum absolute atomic E-state index is 12.1. The van der Waals surface area contributed by atoms with Gasteiger partial charge >= 0.3 is 0 Å². The van der Waals surface area contributed by atoms with Crippen LogP contribution in [0.15, 0.2) is 71.8 Å². The predicted octanol–water partition coefficient (Wildman–Crippen LogP) is 3.52. The molecule has 0 fully saturated rings. The molecule has 3 aromatic rings. The van der Waals surface area contributed by atoms with Gasteiger partial charge in [0.25, 0.3) is 5.56 Å². The highest BCUT2D eigenvalue weighted by Crippen LogP contribution is 2.16. The standard InChI is InChI=1S/C18H15ClN2O2/c19-16-9-5-4-8-15(16)12-23-17-10-18(22)21(13-20-17)11-14-6-2-1-3-7-14/h1-10,13H,11-12H2. The van der Waals surface area contributed by atoms with Crippen molar-refractivity contribution in [3.05, 3.63) is 93.5 Å². The quantitative estimate of drug-likeness (QED) is 0.720. The van der Waals surface area contributed by atoms with Gasteiger partial charge in [-0.05, 0) is 11.6 Å². The highest BCUT2D eigenvalue weighted by Gasteiger charge is 2.04. The van der Waals surface area contributed by atoms with E-state index >= 15 is 0 Å². The van der Waals surface area contributed by atoms with Crippen molar-refractivity contribution in [3.8, 4) is 5.88 Å². The van der Waals surface area contributed by atoms with Crippen LogP contribution in [0.25, 0.3) is 0 Å². The van der Waals surface area contributed by atoms with Crippen LogP contribution < -0.4 is 10.3 Å². The monoisotopic (exact) mass is 326 g/mol. The predicted molar refractivity (Wildman–Crippen MR) is 89.8 cm³/mol. The second-order valence-corrected chi connectivity index (χ2v) is 5.47. The molecule has 0 aliphatic rings. The van der Waals surface area contributed by atoms with Crippen molar-refractivity contribution in [2.24, 2.45) is 0 Å². The molecule has 116 valence electrons. The van der Waals surface area contributed by atoms with E-state index in [1.165, 1.54) is 17.0 Å². The molecular formula is C18H15ClN2O2. The summed E-state index contributed by atoms with van der Waals surface area (Å²) in [6.45, 7) is 0.756. The Hall–Kier alpha value is -2.59. The lowest BCUT2D eigenvalue weighted by Crippen LogP contribution is -2.20. The second-order valence-electron chi connectivity index (χ2n) is 5.06. The van der Waals surface area contributed by atoms with E-state index < -0.39 is 0 Å². The summed E-state index contributed by atoms with van der Waals surface area (Å²) in [5, 5.41) is 0.630. The molecule has 0 saturated carbocycles. The Kier molecular flexibility index (Phi) is 4.74. The van der Waals surface area contributed by atoms with Crippen LogP contribution in [0.3, 0.4) is 0 Å². The zero-order valence-electron chi connectivity index (χ0n) is 12.4. The minimum atomic E-state index is -0.155. The highest BCUT2D eigenvalue weighted by atomic mass is 35.5. The van der Waals surface area contributed by atoms with Crippen molar-refractivity contribution in [1.29, 1.82) is 0 Å². The molecule has 3 rings (SSSR count). The zero-order chi connectivity index (χ0) is 16.1. The molecule has 23 heavy (non-hydrogen) atoms. The van der Waals surface area contributed by atoms with Crippen LogP contribution in [0, 0.1) is 0 Å². The maximum Gasteiger partial charge on any atom is 0.257 e. The lowest BCUT2D eigenvalue weighted by atomic mass is 10.2. The molecule has 1 aromatic heterocycles. The zero-order valence-corrected chi connectivity index (χ0v) is 13.1. The van der Waals surface area contributed by atoms with Crippen LogP contribution in [0.2, 0.25) is 5.02 Å². The van der Waals surface area contributed by atoms with E-state index in [1.807, 2.05) is 48.5 Å². The molecule has 0 unspecified atom stereocenters. The van der Waals surface area contributed by atoms with Crippen LogP contribution >= 0.6 is 11.6 Å². The first kappa shape index (κ1) is 15.3. The Labute approximate surface area is 139 Å². The van der Waals surface area contributed by atoms with E-state index in [0.29, 0.717) is 17.4 Å². The Bertz CT molecular complexity index is 847. The summed E-state index contributed by atoms with van der Waals surface area (Å²) >= 11 is 6.07. The summed E-state index contributed by atoms with van der Waals surface area (Å²) < 4.78 is 7.09. The van der Waals surface area contributed by atoms with E-state index in [2.05, 4.69) is 4.98 Å². The fourth-order valence-corrected chi connectivity index (χ4v) is 2.34. The minimum absolute atomic E-state index is 0.155. The van der Waals surface area contributed by atoms with Gasteiger partial charge in [0, 0.05) is 10.6 Å². The summed E-state index contributed by atoms with van der Waals surface area (Å²) in [5.74, 6) is 0.291. The van der Waals surface area contributed by atoms with Crippen LogP contribution in [-0.4, -0.2) is 9.55 Å². The van der Waals surface area contributed by atoms with Crippen molar-refractivity contribution >= 4 is 11.6 Å². The van der Waals surface area contributed by atoms with Gasteiger partial charge in [-0.2, -0.15) is 0 Å². The third-order valence-corrected chi connectivity index (χ3v) is 3.75. The Balaban J connectivity index is 1.70. The smallest absolute Gasteiger partial charge is 0.257 e. The molecule has 0 radical (unpaired) electrons. The van der Waals surface area contributed by atoms with Crippen molar-refractivity contribution in [2.45, 2.75) is 13.2 Å². The first-order valence-corrected chi connectivity index (χ1v) is 7.57. The van der Waals surface area contributed by atoms with Gasteiger partial charge in [-0.3, -0.25) is 9.36 Å². The molecule has 0 spiro atoms. The molecule has 2 aromatic carbocycles. The van der Waals surface area contributed by atoms with Crippen molar-refractivity contribution in [3.63, 3.8) is 0 Å². The van der Waals surface area contributed by atoms with Gasteiger partial charge in [-0.15, -0.1) is 0 Å². The fraction of sp³-hybridized carbons (Fsp3) is 0.111. The summed E-state index contributed by atoms with van der Waals surface area (Å²) in [7, 11) is 0. The number of rotatable bonds is 5. The van der Waals surface area contributed by atoms with E-state index in [4.69, 9.17) is 16.3 Å². The topological polar surface area (TPSA) is 44.1 Å². The highest BCUT2D eigenvalue weighted by molar-refractivity contribution is 6.31. The molecule has 0 N–H and O–H groups in total. The van der Waals surface area contributed by atoms with E-state index in [9.17, 15) is 4.79 Å². The average Bonchev–Trinajstić information content (AvgIpc) is 2.57. The number of hydrogen-bond donors (Lipinski definition) is 0. The Morgan fingerprint density at radius 2 is 1.78 bits per heavy atom. The second kappa shape index (κ2) is 7.11. The molecular weight excluding hydrogens is 312 g/mol. The number of ether oxygens (including phenoxy) is 1. The lowest BCUT2D eigenvalue weighted by Gasteiger charge is -2.09. The molecule has 0 aliphatic heterocycles. The number of hydrogen-bond acceptors (Lipinski definition) is 3. The first-order chi connectivity index (χ1) is 11.2. The third-order valence-electron chi connectivity index (χ3n) is 3.38. The summed E-state index contributed by atoms with van der Waals surface area (Å²) in [4.78, 5) is 16.3. The van der Waals surface area contributed by atoms with Gasteiger partial charge in [0.05, 0.1) is 12.6 Å². The fourth-order valence-electron chi connectivity index (χ4n) is 2.15. The number of benzene rings is 2. The largest absolute Gasteiger partial charge is 0.473 e. The molecule has 0 amide bonds. The first-order valence-electron chi connectivity index (χ1n) is 7.19. The van der Waals surface area contributed by atoms with Gasteiger partial charge in [-0.25, -0.2) is 4.98 Å². The lowest BCUT2D eigenvalue weighted by molar-refractivity contribution is 0.292. The average molecular weight is 327 g/mol. The maximum atomic E-state index is 12.1.